The van der Waals surface area contributed by atoms with E-state index in [9.17, 15) is 9.59 Å². The summed E-state index contributed by atoms with van der Waals surface area (Å²) >= 11 is 0. The van der Waals surface area contributed by atoms with Gasteiger partial charge in [0, 0.05) is 32.3 Å². The first-order valence-electron chi connectivity index (χ1n) is 9.39. The molecule has 0 unspecified atom stereocenters. The van der Waals surface area contributed by atoms with Crippen LogP contribution in [0.5, 0.6) is 0 Å². The molecule has 136 valence electrons. The minimum absolute atomic E-state index is 0.0400. The highest BCUT2D eigenvalue weighted by atomic mass is 16.5. The van der Waals surface area contributed by atoms with E-state index < -0.39 is 0 Å². The van der Waals surface area contributed by atoms with E-state index in [0.29, 0.717) is 18.7 Å². The molecule has 1 aromatic carbocycles. The Bertz CT molecular complexity index is 584. The van der Waals surface area contributed by atoms with E-state index >= 15 is 0 Å². The fourth-order valence-electron chi connectivity index (χ4n) is 3.78. The molecule has 0 radical (unpaired) electrons. The van der Waals surface area contributed by atoms with E-state index in [1.165, 1.54) is 0 Å². The van der Waals surface area contributed by atoms with Gasteiger partial charge in [0.1, 0.15) is 6.04 Å². The van der Waals surface area contributed by atoms with Gasteiger partial charge in [-0.3, -0.25) is 9.59 Å². The van der Waals surface area contributed by atoms with Crippen molar-refractivity contribution in [1.82, 2.24) is 9.80 Å². The summed E-state index contributed by atoms with van der Waals surface area (Å²) in [4.78, 5) is 29.4. The average Bonchev–Trinajstić information content (AvgIpc) is 2.68. The van der Waals surface area contributed by atoms with Crippen LogP contribution in [0.25, 0.3) is 0 Å². The van der Waals surface area contributed by atoms with E-state index in [1.54, 1.807) is 9.80 Å². The molecule has 0 spiro atoms. The van der Waals surface area contributed by atoms with Crippen molar-refractivity contribution in [1.29, 1.82) is 0 Å². The van der Waals surface area contributed by atoms with Crippen molar-refractivity contribution in [2.24, 2.45) is 0 Å². The zero-order chi connectivity index (χ0) is 17.6. The Kier molecular flexibility index (Phi) is 6.08. The van der Waals surface area contributed by atoms with Gasteiger partial charge in [0.05, 0.1) is 6.10 Å². The Morgan fingerprint density at radius 1 is 1.12 bits per heavy atom. The van der Waals surface area contributed by atoms with Gasteiger partial charge in [0.2, 0.25) is 5.91 Å². The van der Waals surface area contributed by atoms with Crippen molar-refractivity contribution in [2.75, 3.05) is 26.7 Å². The first kappa shape index (κ1) is 17.9. The smallest absolute Gasteiger partial charge is 0.254 e. The Balaban J connectivity index is 1.67. The Labute approximate surface area is 149 Å². The van der Waals surface area contributed by atoms with Gasteiger partial charge in [-0.15, -0.1) is 0 Å². The van der Waals surface area contributed by atoms with Crippen LogP contribution in [0, 0.1) is 0 Å². The fourth-order valence-corrected chi connectivity index (χ4v) is 3.78. The van der Waals surface area contributed by atoms with Crippen LogP contribution in [-0.2, 0) is 9.53 Å². The number of amides is 2. The third-order valence-electron chi connectivity index (χ3n) is 5.20. The van der Waals surface area contributed by atoms with Crippen LogP contribution in [0.4, 0.5) is 0 Å². The molecule has 2 amide bonds. The van der Waals surface area contributed by atoms with Crippen molar-refractivity contribution in [3.8, 4) is 0 Å². The number of rotatable bonds is 4. The maximum atomic E-state index is 13.0. The van der Waals surface area contributed by atoms with Crippen LogP contribution >= 0.6 is 0 Å². The van der Waals surface area contributed by atoms with Crippen molar-refractivity contribution >= 4 is 11.8 Å². The molecule has 2 aliphatic heterocycles. The molecule has 0 bridgehead atoms. The average molecular weight is 344 g/mol. The summed E-state index contributed by atoms with van der Waals surface area (Å²) in [7, 11) is 1.83. The summed E-state index contributed by atoms with van der Waals surface area (Å²) in [5.74, 6) is -0.000814. The molecule has 0 aromatic heterocycles. The fraction of sp³-hybridized carbons (Fsp3) is 0.600. The monoisotopic (exact) mass is 344 g/mol. The number of carbonyl (C=O) groups is 2. The van der Waals surface area contributed by atoms with Crippen molar-refractivity contribution in [2.45, 2.75) is 50.7 Å². The van der Waals surface area contributed by atoms with E-state index in [0.717, 1.165) is 45.1 Å². The van der Waals surface area contributed by atoms with Gasteiger partial charge in [-0.2, -0.15) is 0 Å². The second-order valence-corrected chi connectivity index (χ2v) is 7.08. The molecule has 5 heteroatoms. The molecular weight excluding hydrogens is 316 g/mol. The van der Waals surface area contributed by atoms with Gasteiger partial charge in [0.25, 0.3) is 5.91 Å². The first-order valence-corrected chi connectivity index (χ1v) is 9.39. The van der Waals surface area contributed by atoms with Crippen LogP contribution in [0.1, 0.15) is 48.9 Å². The number of ether oxygens (including phenoxy) is 1. The molecule has 0 aliphatic carbocycles. The van der Waals surface area contributed by atoms with Gasteiger partial charge < -0.3 is 14.5 Å². The number of likely N-dealkylation sites (tertiary alicyclic amines) is 1. The lowest BCUT2D eigenvalue weighted by atomic mass is 9.99. The molecule has 2 aliphatic rings. The van der Waals surface area contributed by atoms with Crippen molar-refractivity contribution < 1.29 is 14.3 Å². The zero-order valence-corrected chi connectivity index (χ0v) is 15.0. The quantitative estimate of drug-likeness (QED) is 0.844. The minimum Gasteiger partial charge on any atom is -0.376 e. The molecule has 2 fully saturated rings. The largest absolute Gasteiger partial charge is 0.376 e. The summed E-state index contributed by atoms with van der Waals surface area (Å²) in [5.41, 5.74) is 0.653. The van der Waals surface area contributed by atoms with E-state index in [-0.39, 0.29) is 24.0 Å². The summed E-state index contributed by atoms with van der Waals surface area (Å²) in [6.45, 7) is 2.05. The molecule has 0 saturated carbocycles. The summed E-state index contributed by atoms with van der Waals surface area (Å²) in [6.07, 6.45) is 6.10. The second kappa shape index (κ2) is 8.48. The lowest BCUT2D eigenvalue weighted by Crippen LogP contribution is -2.53. The number of hydrogen-bond acceptors (Lipinski definition) is 3. The van der Waals surface area contributed by atoms with Gasteiger partial charge in [-0.25, -0.2) is 0 Å². The Hall–Kier alpha value is -1.88. The van der Waals surface area contributed by atoms with E-state index in [1.807, 2.05) is 37.4 Å². The first-order chi connectivity index (χ1) is 12.2. The van der Waals surface area contributed by atoms with Gasteiger partial charge in [-0.05, 0) is 50.7 Å². The molecule has 25 heavy (non-hydrogen) atoms. The maximum Gasteiger partial charge on any atom is 0.254 e. The lowest BCUT2D eigenvalue weighted by molar-refractivity contribution is -0.138. The SMILES string of the molecule is CN(C[C@H]1CCCCO1)C(=O)[C@@H]1CCCCN1C(=O)c1ccccc1. The third kappa shape index (κ3) is 4.40. The molecule has 1 aromatic rings. The standard InChI is InChI=1S/C20H28N2O3/c1-21(15-17-11-6-8-14-25-17)20(24)18-12-5-7-13-22(18)19(23)16-9-3-2-4-10-16/h2-4,9-10,17-18H,5-8,11-15H2,1H3/t17-,18+/m1/s1. The van der Waals surface area contributed by atoms with Gasteiger partial charge in [0.15, 0.2) is 0 Å². The van der Waals surface area contributed by atoms with Crippen LogP contribution in [0.2, 0.25) is 0 Å². The van der Waals surface area contributed by atoms with Crippen molar-refractivity contribution in [3.05, 3.63) is 35.9 Å². The predicted octanol–water partition coefficient (Wildman–Crippen LogP) is 2.71. The van der Waals surface area contributed by atoms with Crippen LogP contribution in [-0.4, -0.2) is 60.5 Å². The zero-order valence-electron chi connectivity index (χ0n) is 15.0. The Morgan fingerprint density at radius 3 is 2.60 bits per heavy atom. The molecule has 3 rings (SSSR count). The van der Waals surface area contributed by atoms with Gasteiger partial charge >= 0.3 is 0 Å². The van der Waals surface area contributed by atoms with E-state index in [2.05, 4.69) is 0 Å². The van der Waals surface area contributed by atoms with Crippen molar-refractivity contribution in [3.63, 3.8) is 0 Å². The highest BCUT2D eigenvalue weighted by Crippen LogP contribution is 2.22. The molecule has 5 nitrogen and oxygen atoms in total. The molecule has 2 heterocycles. The number of benzene rings is 1. The molecule has 2 saturated heterocycles. The number of hydrogen-bond donors (Lipinski definition) is 0. The molecular formula is C20H28N2O3. The topological polar surface area (TPSA) is 49.9 Å². The minimum atomic E-state index is -0.352. The third-order valence-corrected chi connectivity index (χ3v) is 5.20. The number of nitrogens with zero attached hydrogens (tertiary/aromatic N) is 2. The highest BCUT2D eigenvalue weighted by molar-refractivity contribution is 5.97. The lowest BCUT2D eigenvalue weighted by Gasteiger charge is -2.38. The maximum absolute atomic E-state index is 13.0. The Morgan fingerprint density at radius 2 is 1.88 bits per heavy atom. The number of likely N-dealkylation sites (N-methyl/N-ethyl adjacent to an activating group) is 1. The van der Waals surface area contributed by atoms with Gasteiger partial charge in [-0.1, -0.05) is 18.2 Å². The summed E-state index contributed by atoms with van der Waals surface area (Å²) < 4.78 is 5.76. The van der Waals surface area contributed by atoms with Crippen LogP contribution in [0.3, 0.4) is 0 Å². The number of piperidine rings is 1. The van der Waals surface area contributed by atoms with E-state index in [4.69, 9.17) is 4.74 Å². The highest BCUT2D eigenvalue weighted by Gasteiger charge is 2.34. The van der Waals surface area contributed by atoms with Crippen LogP contribution < -0.4 is 0 Å². The molecule has 0 N–H and O–H groups in total. The van der Waals surface area contributed by atoms with Crippen LogP contribution in [0.15, 0.2) is 30.3 Å². The summed E-state index contributed by atoms with van der Waals surface area (Å²) in [6, 6.07) is 8.90. The second-order valence-electron chi connectivity index (χ2n) is 7.08. The number of carbonyl (C=O) groups excluding carboxylic acids is 2. The normalized spacial score (nSPS) is 24.0. The summed E-state index contributed by atoms with van der Waals surface area (Å²) in [5, 5.41) is 0. The molecule has 2 atom stereocenters. The predicted molar refractivity (Wildman–Crippen MR) is 96.3 cm³/mol.